The van der Waals surface area contributed by atoms with Gasteiger partial charge in [0.2, 0.25) is 0 Å². The van der Waals surface area contributed by atoms with Crippen molar-refractivity contribution >= 4 is 5.91 Å². The molecule has 6 heteroatoms. The van der Waals surface area contributed by atoms with E-state index in [9.17, 15) is 9.59 Å². The maximum absolute atomic E-state index is 12.5. The Morgan fingerprint density at radius 3 is 2.83 bits per heavy atom. The second kappa shape index (κ2) is 7.27. The molecule has 0 spiro atoms. The number of aromatic nitrogens is 1. The van der Waals surface area contributed by atoms with Gasteiger partial charge in [-0.05, 0) is 50.4 Å². The number of piperidine rings is 3. The summed E-state index contributed by atoms with van der Waals surface area (Å²) >= 11 is 0. The van der Waals surface area contributed by atoms with Gasteiger partial charge in [0.05, 0.1) is 0 Å². The molecule has 1 atom stereocenters. The lowest BCUT2D eigenvalue weighted by Gasteiger charge is -2.44. The fraction of sp³-hybridized carbons (Fsp3) is 0.647. The molecule has 0 aliphatic carbocycles. The van der Waals surface area contributed by atoms with Crippen LogP contribution in [0.25, 0.3) is 0 Å². The van der Waals surface area contributed by atoms with Crippen LogP contribution in [0.5, 0.6) is 0 Å². The topological polar surface area (TPSA) is 63.6 Å². The lowest BCUT2D eigenvalue weighted by atomic mass is 9.84. The Balaban J connectivity index is 1.67. The highest BCUT2D eigenvalue weighted by Gasteiger charge is 2.35. The number of pyridine rings is 1. The lowest BCUT2D eigenvalue weighted by Crippen LogP contribution is -2.57. The van der Waals surface area contributed by atoms with Crippen LogP contribution in [0.1, 0.15) is 29.6 Å². The SMILES string of the molecule is COCCCn1cccc(C(=O)NC2CN3CCC2CC3)c1=O. The highest BCUT2D eigenvalue weighted by molar-refractivity contribution is 5.94. The molecule has 1 aromatic rings. The molecule has 3 saturated heterocycles. The van der Waals surface area contributed by atoms with Crippen molar-refractivity contribution < 1.29 is 9.53 Å². The summed E-state index contributed by atoms with van der Waals surface area (Å²) in [5.41, 5.74) is 0.0174. The van der Waals surface area contributed by atoms with E-state index in [4.69, 9.17) is 4.74 Å². The molecule has 0 aromatic carbocycles. The average molecular weight is 319 g/mol. The Morgan fingerprint density at radius 1 is 1.39 bits per heavy atom. The molecule has 1 amide bonds. The molecule has 3 aliphatic rings. The molecule has 23 heavy (non-hydrogen) atoms. The summed E-state index contributed by atoms with van der Waals surface area (Å²) in [5, 5.41) is 3.08. The van der Waals surface area contributed by atoms with Crippen LogP contribution >= 0.6 is 0 Å². The van der Waals surface area contributed by atoms with Crippen LogP contribution < -0.4 is 10.9 Å². The molecule has 1 aromatic heterocycles. The maximum Gasteiger partial charge on any atom is 0.263 e. The third-order valence-electron chi connectivity index (χ3n) is 4.98. The van der Waals surface area contributed by atoms with E-state index in [2.05, 4.69) is 10.2 Å². The molecule has 3 fully saturated rings. The fourth-order valence-electron chi connectivity index (χ4n) is 3.64. The van der Waals surface area contributed by atoms with Crippen LogP contribution in [0.2, 0.25) is 0 Å². The van der Waals surface area contributed by atoms with Gasteiger partial charge in [0, 0.05) is 39.0 Å². The zero-order valence-corrected chi connectivity index (χ0v) is 13.7. The summed E-state index contributed by atoms with van der Waals surface area (Å²) in [5.74, 6) is 0.312. The third kappa shape index (κ3) is 3.64. The van der Waals surface area contributed by atoms with Crippen molar-refractivity contribution in [1.29, 1.82) is 0 Å². The van der Waals surface area contributed by atoms with Crippen molar-refractivity contribution in [2.75, 3.05) is 33.4 Å². The number of ether oxygens (including phenoxy) is 1. The van der Waals surface area contributed by atoms with Gasteiger partial charge in [-0.3, -0.25) is 9.59 Å². The first kappa shape index (κ1) is 16.2. The van der Waals surface area contributed by atoms with Gasteiger partial charge >= 0.3 is 0 Å². The van der Waals surface area contributed by atoms with Gasteiger partial charge < -0.3 is 19.5 Å². The summed E-state index contributed by atoms with van der Waals surface area (Å²) in [6.45, 7) is 4.34. The summed E-state index contributed by atoms with van der Waals surface area (Å²) in [6, 6.07) is 3.55. The molecule has 0 radical (unpaired) electrons. The molecule has 6 nitrogen and oxygen atoms in total. The first-order chi connectivity index (χ1) is 11.2. The largest absolute Gasteiger partial charge is 0.385 e. The minimum Gasteiger partial charge on any atom is -0.385 e. The normalized spacial score (nSPS) is 26.2. The molecule has 1 N–H and O–H groups in total. The van der Waals surface area contributed by atoms with Crippen molar-refractivity contribution in [2.24, 2.45) is 5.92 Å². The Kier molecular flexibility index (Phi) is 5.13. The van der Waals surface area contributed by atoms with Crippen LogP contribution in [0.15, 0.2) is 23.1 Å². The van der Waals surface area contributed by atoms with Crippen molar-refractivity contribution in [3.8, 4) is 0 Å². The molecular weight excluding hydrogens is 294 g/mol. The summed E-state index contributed by atoms with van der Waals surface area (Å²) in [4.78, 5) is 27.4. The molecule has 126 valence electrons. The van der Waals surface area contributed by atoms with Crippen molar-refractivity contribution in [2.45, 2.75) is 31.8 Å². The summed E-state index contributed by atoms with van der Waals surface area (Å²) in [7, 11) is 1.64. The number of carbonyl (C=O) groups excluding carboxylic acids is 1. The number of nitrogens with zero attached hydrogens (tertiary/aromatic N) is 2. The predicted molar refractivity (Wildman–Crippen MR) is 87.6 cm³/mol. The molecule has 4 heterocycles. The number of fused-ring (bicyclic) bond motifs is 3. The number of aryl methyl sites for hydroxylation is 1. The van der Waals surface area contributed by atoms with Gasteiger partial charge in [0.15, 0.2) is 0 Å². The molecular formula is C17H25N3O3. The van der Waals surface area contributed by atoms with E-state index in [1.165, 1.54) is 0 Å². The van der Waals surface area contributed by atoms with Gasteiger partial charge in [0.25, 0.3) is 11.5 Å². The van der Waals surface area contributed by atoms with Gasteiger partial charge in [-0.15, -0.1) is 0 Å². The zero-order chi connectivity index (χ0) is 16.2. The van der Waals surface area contributed by atoms with Gasteiger partial charge in [-0.2, -0.15) is 0 Å². The Labute approximate surface area is 136 Å². The van der Waals surface area contributed by atoms with Crippen molar-refractivity contribution in [1.82, 2.24) is 14.8 Å². The number of methoxy groups -OCH3 is 1. The second-order valence-corrected chi connectivity index (χ2v) is 6.48. The van der Waals surface area contributed by atoms with E-state index in [1.807, 2.05) is 0 Å². The maximum atomic E-state index is 12.5. The van der Waals surface area contributed by atoms with Gasteiger partial charge in [-0.25, -0.2) is 0 Å². The van der Waals surface area contributed by atoms with E-state index >= 15 is 0 Å². The van der Waals surface area contributed by atoms with Crippen LogP contribution in [-0.4, -0.2) is 54.8 Å². The zero-order valence-electron chi connectivity index (χ0n) is 13.7. The molecule has 0 saturated carbocycles. The summed E-state index contributed by atoms with van der Waals surface area (Å²) < 4.78 is 6.60. The minimum atomic E-state index is -0.241. The smallest absolute Gasteiger partial charge is 0.263 e. The van der Waals surface area contributed by atoms with Gasteiger partial charge in [-0.1, -0.05) is 0 Å². The van der Waals surface area contributed by atoms with E-state index in [-0.39, 0.29) is 23.1 Å². The van der Waals surface area contributed by atoms with Gasteiger partial charge in [0.1, 0.15) is 5.56 Å². The van der Waals surface area contributed by atoms with Crippen LogP contribution in [0, 0.1) is 5.92 Å². The Morgan fingerprint density at radius 2 is 2.17 bits per heavy atom. The number of amides is 1. The van der Waals surface area contributed by atoms with Crippen molar-refractivity contribution in [3.05, 3.63) is 34.2 Å². The highest BCUT2D eigenvalue weighted by atomic mass is 16.5. The predicted octanol–water partition coefficient (Wildman–Crippen LogP) is 0.709. The molecule has 2 bridgehead atoms. The first-order valence-electron chi connectivity index (χ1n) is 8.40. The van der Waals surface area contributed by atoms with Crippen LogP contribution in [-0.2, 0) is 11.3 Å². The van der Waals surface area contributed by atoms with Crippen molar-refractivity contribution in [3.63, 3.8) is 0 Å². The van der Waals surface area contributed by atoms with E-state index in [0.717, 1.165) is 38.9 Å². The Bertz CT molecular complexity index is 605. The number of hydrogen-bond donors (Lipinski definition) is 1. The molecule has 1 unspecified atom stereocenters. The van der Waals surface area contributed by atoms with E-state index < -0.39 is 0 Å². The quantitative estimate of drug-likeness (QED) is 0.785. The molecule has 3 aliphatic heterocycles. The number of hydrogen-bond acceptors (Lipinski definition) is 4. The summed E-state index contributed by atoms with van der Waals surface area (Å²) in [6.07, 6.45) is 4.76. The minimum absolute atomic E-state index is 0.173. The van der Waals surface area contributed by atoms with E-state index in [0.29, 0.717) is 19.1 Å². The number of carbonyl (C=O) groups is 1. The number of rotatable bonds is 6. The standard InChI is InChI=1S/C17H25N3O3/c1-23-11-3-8-20-7-2-4-14(17(20)22)16(21)18-15-12-19-9-5-13(15)6-10-19/h2,4,7,13,15H,3,5-6,8-12H2,1H3,(H,18,21). The van der Waals surface area contributed by atoms with E-state index in [1.54, 1.807) is 30.0 Å². The number of nitrogens with one attached hydrogen (secondary N) is 1. The monoisotopic (exact) mass is 319 g/mol. The Hall–Kier alpha value is -1.66. The van der Waals surface area contributed by atoms with Crippen LogP contribution in [0.3, 0.4) is 0 Å². The first-order valence-corrected chi connectivity index (χ1v) is 8.40. The molecule has 4 rings (SSSR count). The van der Waals surface area contributed by atoms with Crippen LogP contribution in [0.4, 0.5) is 0 Å². The fourth-order valence-corrected chi connectivity index (χ4v) is 3.64. The average Bonchev–Trinajstić information content (AvgIpc) is 2.57. The lowest BCUT2D eigenvalue weighted by molar-refractivity contribution is 0.0619. The third-order valence-corrected chi connectivity index (χ3v) is 4.98. The second-order valence-electron chi connectivity index (χ2n) is 6.48. The highest BCUT2D eigenvalue weighted by Crippen LogP contribution is 2.27.